The molecule has 0 N–H and O–H groups in total. The third-order valence-corrected chi connectivity index (χ3v) is 10.1. The Morgan fingerprint density at radius 3 is 2.32 bits per heavy atom. The predicted octanol–water partition coefficient (Wildman–Crippen LogP) is 10.5. The van der Waals surface area contributed by atoms with Gasteiger partial charge in [-0.1, -0.05) is 92.7 Å². The number of rotatable bonds is 2. The van der Waals surface area contributed by atoms with Crippen molar-refractivity contribution in [3.05, 3.63) is 132 Å². The van der Waals surface area contributed by atoms with Crippen LogP contribution in [-0.2, 0) is 5.41 Å². The van der Waals surface area contributed by atoms with Crippen LogP contribution in [0.3, 0.4) is 0 Å². The van der Waals surface area contributed by atoms with E-state index >= 15 is 0 Å². The molecule has 0 unspecified atom stereocenters. The van der Waals surface area contributed by atoms with E-state index in [1.54, 1.807) is 0 Å². The van der Waals surface area contributed by atoms with Crippen LogP contribution in [0.1, 0.15) is 25.0 Å². The summed E-state index contributed by atoms with van der Waals surface area (Å²) in [6, 6.07) is 44.2. The molecule has 0 bridgehead atoms. The van der Waals surface area contributed by atoms with E-state index in [-0.39, 0.29) is 5.41 Å². The fourth-order valence-corrected chi connectivity index (χ4v) is 8.15. The average molecular weight is 543 g/mol. The summed E-state index contributed by atoms with van der Waals surface area (Å²) in [7, 11) is 0. The van der Waals surface area contributed by atoms with Gasteiger partial charge < -0.3 is 4.57 Å². The number of nitrogens with zero attached hydrogens (tertiary/aromatic N) is 2. The van der Waals surface area contributed by atoms with Gasteiger partial charge in [-0.2, -0.15) is 0 Å². The van der Waals surface area contributed by atoms with Crippen molar-refractivity contribution in [1.29, 1.82) is 0 Å². The maximum absolute atomic E-state index is 5.31. The minimum absolute atomic E-state index is 0.0657. The number of hydrogen-bond acceptors (Lipinski definition) is 2. The van der Waals surface area contributed by atoms with Crippen LogP contribution in [0.4, 0.5) is 0 Å². The molecule has 0 saturated heterocycles. The lowest BCUT2D eigenvalue weighted by atomic mass is 9.82. The van der Waals surface area contributed by atoms with Crippen molar-refractivity contribution < 1.29 is 0 Å². The van der Waals surface area contributed by atoms with Gasteiger partial charge in [0.15, 0.2) is 0 Å². The summed E-state index contributed by atoms with van der Waals surface area (Å²) in [5, 5.41) is 3.81. The molecule has 3 aromatic heterocycles. The van der Waals surface area contributed by atoms with Crippen LogP contribution in [0, 0.1) is 0 Å². The molecule has 0 saturated carbocycles. The van der Waals surface area contributed by atoms with Gasteiger partial charge >= 0.3 is 0 Å². The van der Waals surface area contributed by atoms with E-state index in [9.17, 15) is 0 Å². The molecule has 0 atom stereocenters. The second-order valence-corrected chi connectivity index (χ2v) is 12.7. The lowest BCUT2D eigenvalue weighted by Gasteiger charge is -2.22. The van der Waals surface area contributed by atoms with Crippen molar-refractivity contribution in [3.63, 3.8) is 0 Å². The molecule has 9 rings (SSSR count). The number of fused-ring (bicyclic) bond motifs is 10. The van der Waals surface area contributed by atoms with Crippen molar-refractivity contribution >= 4 is 53.4 Å². The zero-order valence-electron chi connectivity index (χ0n) is 22.8. The van der Waals surface area contributed by atoms with Gasteiger partial charge in [0, 0.05) is 42.2 Å². The lowest BCUT2D eigenvalue weighted by Crippen LogP contribution is -2.15. The largest absolute Gasteiger partial charge is 0.307 e. The number of hydrogen-bond donors (Lipinski definition) is 0. The normalized spacial score (nSPS) is 13.8. The van der Waals surface area contributed by atoms with Crippen LogP contribution in [0.2, 0.25) is 0 Å². The van der Waals surface area contributed by atoms with E-state index in [0.29, 0.717) is 0 Å². The first-order chi connectivity index (χ1) is 20.1. The standard InChI is InChI=1S/C38H26N2S/c1-38(2)29-14-8-6-12-25(29)26-17-16-24(22-30(26)38)40-32-20-19-31(23-10-4-3-5-11-23)39-36(32)28-18-21-34-35(37(28)40)27-13-7-9-15-33(27)41-34/h3-22H,1-2H3. The third-order valence-electron chi connectivity index (χ3n) is 9.00. The Hall–Kier alpha value is -4.73. The van der Waals surface area contributed by atoms with Crippen molar-refractivity contribution in [3.8, 4) is 28.1 Å². The van der Waals surface area contributed by atoms with Crippen molar-refractivity contribution in [2.45, 2.75) is 19.3 Å². The van der Waals surface area contributed by atoms with E-state index in [0.717, 1.165) is 22.3 Å². The molecule has 8 aromatic rings. The zero-order valence-corrected chi connectivity index (χ0v) is 23.7. The second-order valence-electron chi connectivity index (χ2n) is 11.6. The molecule has 2 nitrogen and oxygen atoms in total. The SMILES string of the molecule is CC1(C)c2ccccc2-c2ccc(-n3c4ccc(-c5ccccc5)nc4c4ccc5sc6ccccc6c5c43)cc21. The van der Waals surface area contributed by atoms with Gasteiger partial charge in [-0.25, -0.2) is 4.98 Å². The molecule has 0 aliphatic heterocycles. The highest BCUT2D eigenvalue weighted by Gasteiger charge is 2.35. The number of benzene rings is 5. The van der Waals surface area contributed by atoms with Gasteiger partial charge in [-0.05, 0) is 64.7 Å². The molecule has 5 aromatic carbocycles. The zero-order chi connectivity index (χ0) is 27.3. The lowest BCUT2D eigenvalue weighted by molar-refractivity contribution is 0.660. The van der Waals surface area contributed by atoms with Gasteiger partial charge in [0.05, 0.1) is 22.2 Å². The molecule has 0 fully saturated rings. The minimum atomic E-state index is -0.0657. The summed E-state index contributed by atoms with van der Waals surface area (Å²) in [5.41, 5.74) is 12.1. The van der Waals surface area contributed by atoms with Gasteiger partial charge in [-0.3, -0.25) is 0 Å². The third kappa shape index (κ3) is 3.10. The number of pyridine rings is 1. The highest BCUT2D eigenvalue weighted by atomic mass is 32.1. The Bertz CT molecular complexity index is 2340. The molecule has 3 heteroatoms. The molecule has 0 amide bonds. The van der Waals surface area contributed by atoms with E-state index in [1.165, 1.54) is 59.0 Å². The summed E-state index contributed by atoms with van der Waals surface area (Å²) in [6.45, 7) is 4.71. The first-order valence-electron chi connectivity index (χ1n) is 14.2. The molecule has 1 aliphatic carbocycles. The van der Waals surface area contributed by atoms with E-state index < -0.39 is 0 Å². The molecule has 0 spiro atoms. The second kappa shape index (κ2) is 8.15. The number of aromatic nitrogens is 2. The highest BCUT2D eigenvalue weighted by Crippen LogP contribution is 2.50. The van der Waals surface area contributed by atoms with Crippen molar-refractivity contribution in [1.82, 2.24) is 9.55 Å². The Balaban J connectivity index is 1.41. The van der Waals surface area contributed by atoms with Crippen LogP contribution in [-0.4, -0.2) is 9.55 Å². The Labute approximate surface area is 242 Å². The van der Waals surface area contributed by atoms with Crippen molar-refractivity contribution in [2.24, 2.45) is 0 Å². The Morgan fingerprint density at radius 2 is 1.41 bits per heavy atom. The fraction of sp³-hybridized carbons (Fsp3) is 0.0789. The molecule has 194 valence electrons. The molecule has 1 aliphatic rings. The number of thiophene rings is 1. The van der Waals surface area contributed by atoms with Gasteiger partial charge in [0.2, 0.25) is 0 Å². The minimum Gasteiger partial charge on any atom is -0.307 e. The molecule has 41 heavy (non-hydrogen) atoms. The Morgan fingerprint density at radius 1 is 0.634 bits per heavy atom. The topological polar surface area (TPSA) is 17.8 Å². The molecule has 3 heterocycles. The van der Waals surface area contributed by atoms with E-state index in [2.05, 4.69) is 140 Å². The summed E-state index contributed by atoms with van der Waals surface area (Å²) >= 11 is 1.87. The molecular weight excluding hydrogens is 516 g/mol. The van der Waals surface area contributed by atoms with Crippen molar-refractivity contribution in [2.75, 3.05) is 0 Å². The first kappa shape index (κ1) is 23.0. The van der Waals surface area contributed by atoms with E-state index in [1.807, 2.05) is 11.3 Å². The van der Waals surface area contributed by atoms with Crippen LogP contribution in [0.5, 0.6) is 0 Å². The summed E-state index contributed by atoms with van der Waals surface area (Å²) in [6.07, 6.45) is 0. The van der Waals surface area contributed by atoms with Crippen LogP contribution in [0.25, 0.3) is 70.2 Å². The summed E-state index contributed by atoms with van der Waals surface area (Å²) < 4.78 is 5.09. The predicted molar refractivity (Wildman–Crippen MR) is 174 cm³/mol. The van der Waals surface area contributed by atoms with Gasteiger partial charge in [0.25, 0.3) is 0 Å². The van der Waals surface area contributed by atoms with Crippen LogP contribution in [0.15, 0.2) is 121 Å². The van der Waals surface area contributed by atoms with E-state index in [4.69, 9.17) is 4.98 Å². The maximum Gasteiger partial charge on any atom is 0.0971 e. The first-order valence-corrected chi connectivity index (χ1v) is 15.0. The molecule has 0 radical (unpaired) electrons. The smallest absolute Gasteiger partial charge is 0.0971 e. The van der Waals surface area contributed by atoms with Crippen LogP contribution < -0.4 is 0 Å². The van der Waals surface area contributed by atoms with Crippen LogP contribution >= 0.6 is 11.3 Å². The quantitative estimate of drug-likeness (QED) is 0.212. The fourth-order valence-electron chi connectivity index (χ4n) is 7.04. The summed E-state index contributed by atoms with van der Waals surface area (Å²) in [5.74, 6) is 0. The Kier molecular flexibility index (Phi) is 4.58. The molecular formula is C38H26N2S. The van der Waals surface area contributed by atoms with Gasteiger partial charge in [0.1, 0.15) is 0 Å². The maximum atomic E-state index is 5.31. The highest BCUT2D eigenvalue weighted by molar-refractivity contribution is 7.26. The van der Waals surface area contributed by atoms with Gasteiger partial charge in [-0.15, -0.1) is 11.3 Å². The average Bonchev–Trinajstić information content (AvgIpc) is 3.63. The monoisotopic (exact) mass is 542 g/mol. The summed E-state index contributed by atoms with van der Waals surface area (Å²) in [4.78, 5) is 5.31.